The number of benzene rings is 3. The smallest absolute Gasteiger partial charge is 0.261 e. The quantitative estimate of drug-likeness (QED) is 0.528. The number of hydrogen-bond donors (Lipinski definition) is 1. The van der Waals surface area contributed by atoms with Crippen molar-refractivity contribution in [3.05, 3.63) is 106 Å². The first-order valence-corrected chi connectivity index (χ1v) is 11.6. The molecule has 2 atom stereocenters. The molecule has 0 unspecified atom stereocenters. The van der Waals surface area contributed by atoms with E-state index in [1.54, 1.807) is 24.3 Å². The number of amides is 3. The summed E-state index contributed by atoms with van der Waals surface area (Å²) in [5.41, 5.74) is 2.66. The molecule has 2 aliphatic rings. The second kappa shape index (κ2) is 9.41. The molecule has 0 radical (unpaired) electrons. The van der Waals surface area contributed by atoms with Gasteiger partial charge in [0.2, 0.25) is 0 Å². The van der Waals surface area contributed by atoms with Gasteiger partial charge in [0.15, 0.2) is 0 Å². The van der Waals surface area contributed by atoms with E-state index < -0.39 is 6.04 Å². The monoisotopic (exact) mass is 474 g/mol. The average molecular weight is 475 g/mol. The second-order valence-electron chi connectivity index (χ2n) is 8.49. The SMILES string of the molecule is O=C(N[C@H](c1ccccc1)c1ccc(Cl)cc1)c1ccc2c(c1)C(=O)N(C[C@@H]1CCCO1)C2=O. The molecule has 0 saturated carbocycles. The Balaban J connectivity index is 1.39. The highest BCUT2D eigenvalue weighted by Gasteiger charge is 2.38. The lowest BCUT2D eigenvalue weighted by atomic mass is 9.98. The Morgan fingerprint density at radius 1 is 0.971 bits per heavy atom. The van der Waals surface area contributed by atoms with Crippen LogP contribution in [0.4, 0.5) is 0 Å². The van der Waals surface area contributed by atoms with Crippen molar-refractivity contribution in [1.29, 1.82) is 0 Å². The third-order valence-corrected chi connectivity index (χ3v) is 6.51. The molecule has 2 heterocycles. The Bertz CT molecular complexity index is 1240. The van der Waals surface area contributed by atoms with Crippen LogP contribution < -0.4 is 5.32 Å². The first-order valence-electron chi connectivity index (χ1n) is 11.2. The average Bonchev–Trinajstić information content (AvgIpc) is 3.46. The summed E-state index contributed by atoms with van der Waals surface area (Å²) in [6.45, 7) is 0.884. The number of imide groups is 1. The Hall–Kier alpha value is -3.48. The lowest BCUT2D eigenvalue weighted by Gasteiger charge is -2.20. The van der Waals surface area contributed by atoms with E-state index in [-0.39, 0.29) is 35.9 Å². The molecule has 1 saturated heterocycles. The minimum absolute atomic E-state index is 0.129. The van der Waals surface area contributed by atoms with Crippen LogP contribution in [0.2, 0.25) is 5.02 Å². The molecule has 1 fully saturated rings. The molecule has 0 bridgehead atoms. The van der Waals surface area contributed by atoms with Gasteiger partial charge in [-0.15, -0.1) is 0 Å². The predicted octanol–water partition coefficient (Wildman–Crippen LogP) is 4.63. The maximum Gasteiger partial charge on any atom is 0.261 e. The molecule has 0 aliphatic carbocycles. The summed E-state index contributed by atoms with van der Waals surface area (Å²) < 4.78 is 5.59. The van der Waals surface area contributed by atoms with E-state index in [0.717, 1.165) is 24.0 Å². The molecule has 0 spiro atoms. The lowest BCUT2D eigenvalue weighted by molar-refractivity contribution is 0.0475. The van der Waals surface area contributed by atoms with E-state index >= 15 is 0 Å². The molecule has 2 aliphatic heterocycles. The molecule has 5 rings (SSSR count). The van der Waals surface area contributed by atoms with Gasteiger partial charge in [-0.3, -0.25) is 19.3 Å². The van der Waals surface area contributed by atoms with E-state index in [1.807, 2.05) is 42.5 Å². The van der Waals surface area contributed by atoms with Crippen LogP contribution in [0.25, 0.3) is 0 Å². The van der Waals surface area contributed by atoms with Gasteiger partial charge in [-0.25, -0.2) is 0 Å². The molecular formula is C27H23ClN2O4. The van der Waals surface area contributed by atoms with Gasteiger partial charge >= 0.3 is 0 Å². The van der Waals surface area contributed by atoms with Crippen molar-refractivity contribution in [2.24, 2.45) is 0 Å². The topological polar surface area (TPSA) is 75.7 Å². The van der Waals surface area contributed by atoms with Crippen molar-refractivity contribution < 1.29 is 19.1 Å². The number of carbonyl (C=O) groups is 3. The number of ether oxygens (including phenoxy) is 1. The van der Waals surface area contributed by atoms with Gasteiger partial charge in [0.05, 0.1) is 29.8 Å². The van der Waals surface area contributed by atoms with Crippen LogP contribution in [0.15, 0.2) is 72.8 Å². The summed E-state index contributed by atoms with van der Waals surface area (Å²) in [4.78, 5) is 40.2. The number of fused-ring (bicyclic) bond motifs is 1. The van der Waals surface area contributed by atoms with Crippen LogP contribution in [-0.2, 0) is 4.74 Å². The minimum atomic E-state index is -0.410. The van der Waals surface area contributed by atoms with Crippen molar-refractivity contribution in [2.45, 2.75) is 25.0 Å². The van der Waals surface area contributed by atoms with Crippen LogP contribution in [0, 0.1) is 0 Å². The van der Waals surface area contributed by atoms with E-state index in [0.29, 0.717) is 22.8 Å². The highest BCUT2D eigenvalue weighted by Crippen LogP contribution is 2.28. The number of nitrogens with zero attached hydrogens (tertiary/aromatic N) is 1. The third kappa shape index (κ3) is 4.34. The van der Waals surface area contributed by atoms with Crippen LogP contribution in [-0.4, -0.2) is 41.9 Å². The Morgan fingerprint density at radius 3 is 2.38 bits per heavy atom. The maximum absolute atomic E-state index is 13.2. The van der Waals surface area contributed by atoms with E-state index in [4.69, 9.17) is 16.3 Å². The van der Waals surface area contributed by atoms with Crippen molar-refractivity contribution >= 4 is 29.3 Å². The minimum Gasteiger partial charge on any atom is -0.376 e. The Morgan fingerprint density at radius 2 is 1.68 bits per heavy atom. The van der Waals surface area contributed by atoms with Gasteiger partial charge in [0.25, 0.3) is 17.7 Å². The number of hydrogen-bond acceptors (Lipinski definition) is 4. The van der Waals surface area contributed by atoms with Crippen molar-refractivity contribution in [3.8, 4) is 0 Å². The highest BCUT2D eigenvalue weighted by atomic mass is 35.5. The van der Waals surface area contributed by atoms with Crippen LogP contribution >= 0.6 is 11.6 Å². The molecule has 0 aromatic heterocycles. The number of carbonyl (C=O) groups excluding carboxylic acids is 3. The zero-order valence-corrected chi connectivity index (χ0v) is 19.1. The predicted molar refractivity (Wildman–Crippen MR) is 128 cm³/mol. The first-order chi connectivity index (χ1) is 16.5. The molecule has 3 aromatic rings. The van der Waals surface area contributed by atoms with Gasteiger partial charge in [-0.05, 0) is 54.3 Å². The summed E-state index contributed by atoms with van der Waals surface area (Å²) in [5.74, 6) is -1.07. The maximum atomic E-state index is 13.2. The molecule has 172 valence electrons. The number of nitrogens with one attached hydrogen (secondary N) is 1. The van der Waals surface area contributed by atoms with Gasteiger partial charge in [0, 0.05) is 17.2 Å². The molecule has 1 N–H and O–H groups in total. The second-order valence-corrected chi connectivity index (χ2v) is 8.92. The Kier molecular flexibility index (Phi) is 6.18. The van der Waals surface area contributed by atoms with Gasteiger partial charge in [-0.1, -0.05) is 54.1 Å². The summed E-state index contributed by atoms with van der Waals surface area (Å²) in [7, 11) is 0. The van der Waals surface area contributed by atoms with Crippen molar-refractivity contribution in [3.63, 3.8) is 0 Å². The molecule has 34 heavy (non-hydrogen) atoms. The van der Waals surface area contributed by atoms with Crippen LogP contribution in [0.1, 0.15) is 61.1 Å². The van der Waals surface area contributed by atoms with Gasteiger partial charge < -0.3 is 10.1 Å². The van der Waals surface area contributed by atoms with Crippen molar-refractivity contribution in [2.75, 3.05) is 13.2 Å². The fraction of sp³-hybridized carbons (Fsp3) is 0.222. The fourth-order valence-corrected chi connectivity index (χ4v) is 4.59. The van der Waals surface area contributed by atoms with Crippen LogP contribution in [0.3, 0.4) is 0 Å². The zero-order chi connectivity index (χ0) is 23.7. The molecule has 3 aromatic carbocycles. The number of rotatable bonds is 6. The van der Waals surface area contributed by atoms with Crippen molar-refractivity contribution in [1.82, 2.24) is 10.2 Å². The molecule has 3 amide bonds. The zero-order valence-electron chi connectivity index (χ0n) is 18.4. The van der Waals surface area contributed by atoms with E-state index in [1.165, 1.54) is 11.0 Å². The van der Waals surface area contributed by atoms with E-state index in [9.17, 15) is 14.4 Å². The van der Waals surface area contributed by atoms with Gasteiger partial charge in [0.1, 0.15) is 0 Å². The van der Waals surface area contributed by atoms with Crippen LogP contribution in [0.5, 0.6) is 0 Å². The summed E-state index contributed by atoms with van der Waals surface area (Å²) in [6.07, 6.45) is 1.62. The fourth-order valence-electron chi connectivity index (χ4n) is 4.46. The summed E-state index contributed by atoms with van der Waals surface area (Å²) in [5, 5.41) is 3.67. The summed E-state index contributed by atoms with van der Waals surface area (Å²) >= 11 is 6.05. The molecule has 7 heteroatoms. The largest absolute Gasteiger partial charge is 0.376 e. The lowest BCUT2D eigenvalue weighted by Crippen LogP contribution is -2.36. The molecular weight excluding hydrogens is 452 g/mol. The standard InChI is InChI=1S/C27H23ClN2O4/c28-20-11-8-18(9-12-20)24(17-5-2-1-3-6-17)29-25(31)19-10-13-22-23(15-19)27(33)30(26(22)32)16-21-7-4-14-34-21/h1-3,5-6,8-13,15,21,24H,4,7,14,16H2,(H,29,31)/t21-,24+/m0/s1. The normalized spacial score (nSPS) is 18.1. The Labute approximate surface area is 202 Å². The van der Waals surface area contributed by atoms with E-state index in [2.05, 4.69) is 5.32 Å². The van der Waals surface area contributed by atoms with Gasteiger partial charge in [-0.2, -0.15) is 0 Å². The first kappa shape index (κ1) is 22.3. The number of halogens is 1. The third-order valence-electron chi connectivity index (χ3n) is 6.25. The summed E-state index contributed by atoms with van der Waals surface area (Å²) in [6, 6.07) is 21.1. The molecule has 6 nitrogen and oxygen atoms in total. The highest BCUT2D eigenvalue weighted by molar-refractivity contribution is 6.30.